The number of primary amides is 1. The molecule has 2 amide bonds. The van der Waals surface area contributed by atoms with Crippen LogP contribution in [0.1, 0.15) is 34.0 Å². The molecule has 0 bridgehead atoms. The van der Waals surface area contributed by atoms with Crippen LogP contribution in [-0.4, -0.2) is 28.2 Å². The average Bonchev–Trinajstić information content (AvgIpc) is 3.01. The van der Waals surface area contributed by atoms with E-state index in [9.17, 15) is 9.59 Å². The summed E-state index contributed by atoms with van der Waals surface area (Å²) in [5, 5.41) is 2.32. The van der Waals surface area contributed by atoms with Crippen LogP contribution in [-0.2, 0) is 11.3 Å². The molecule has 124 valence electrons. The van der Waals surface area contributed by atoms with Crippen LogP contribution in [0.25, 0.3) is 0 Å². The molecular formula is C15H19ClN4O2S. The van der Waals surface area contributed by atoms with E-state index >= 15 is 0 Å². The zero-order valence-corrected chi connectivity index (χ0v) is 14.3. The lowest BCUT2D eigenvalue weighted by molar-refractivity contribution is -0.119. The summed E-state index contributed by atoms with van der Waals surface area (Å²) in [4.78, 5) is 29.6. The molecule has 1 atom stereocenters. The fraction of sp³-hybridized carbons (Fsp3) is 0.267. The highest BCUT2D eigenvalue weighted by atomic mass is 35.5. The van der Waals surface area contributed by atoms with Gasteiger partial charge in [-0.15, -0.1) is 23.7 Å². The predicted molar refractivity (Wildman–Crippen MR) is 92.3 cm³/mol. The number of hydrogen-bond donors (Lipinski definition) is 2. The molecule has 4 N–H and O–H groups in total. The Hall–Kier alpha value is -1.96. The van der Waals surface area contributed by atoms with Gasteiger partial charge in [-0.2, -0.15) is 0 Å². The summed E-state index contributed by atoms with van der Waals surface area (Å²) in [6.07, 6.45) is 0. The number of nitrogens with zero attached hydrogens (tertiary/aromatic N) is 2. The largest absolute Gasteiger partial charge is 0.368 e. The minimum Gasteiger partial charge on any atom is -0.368 e. The van der Waals surface area contributed by atoms with Gasteiger partial charge in [0.2, 0.25) is 5.91 Å². The number of thiazole rings is 1. The van der Waals surface area contributed by atoms with Gasteiger partial charge in [0.05, 0.1) is 6.04 Å². The van der Waals surface area contributed by atoms with Gasteiger partial charge in [0, 0.05) is 11.9 Å². The van der Waals surface area contributed by atoms with E-state index in [1.165, 1.54) is 16.2 Å². The van der Waals surface area contributed by atoms with Crippen molar-refractivity contribution in [1.29, 1.82) is 0 Å². The van der Waals surface area contributed by atoms with Crippen LogP contribution in [0.2, 0.25) is 0 Å². The Bertz CT molecular complexity index is 663. The molecule has 2 aromatic rings. The number of nitrogens with two attached hydrogens (primary N) is 2. The Labute approximate surface area is 144 Å². The minimum absolute atomic E-state index is 0. The molecule has 6 nitrogen and oxygen atoms in total. The Morgan fingerprint density at radius 3 is 2.48 bits per heavy atom. The molecule has 1 aromatic heterocycles. The molecule has 0 aliphatic rings. The van der Waals surface area contributed by atoms with E-state index in [1.807, 2.05) is 37.3 Å². The Morgan fingerprint density at radius 1 is 1.30 bits per heavy atom. The smallest absolute Gasteiger partial charge is 0.274 e. The van der Waals surface area contributed by atoms with Crippen LogP contribution >= 0.6 is 23.7 Å². The zero-order valence-electron chi connectivity index (χ0n) is 12.6. The zero-order chi connectivity index (χ0) is 16.1. The first-order valence-corrected chi connectivity index (χ1v) is 7.69. The molecule has 0 radical (unpaired) electrons. The summed E-state index contributed by atoms with van der Waals surface area (Å²) in [5.74, 6) is -0.892. The number of hydrogen-bond acceptors (Lipinski definition) is 5. The highest BCUT2D eigenvalue weighted by Gasteiger charge is 2.25. The molecule has 0 aliphatic heterocycles. The van der Waals surface area contributed by atoms with Gasteiger partial charge in [-0.1, -0.05) is 30.3 Å². The van der Waals surface area contributed by atoms with Crippen molar-refractivity contribution < 1.29 is 9.59 Å². The van der Waals surface area contributed by atoms with E-state index in [1.54, 1.807) is 5.38 Å². The highest BCUT2D eigenvalue weighted by Crippen LogP contribution is 2.22. The number of halogens is 1. The summed E-state index contributed by atoms with van der Waals surface area (Å²) in [5.41, 5.74) is 12.0. The van der Waals surface area contributed by atoms with Crippen LogP contribution in [0.15, 0.2) is 35.7 Å². The van der Waals surface area contributed by atoms with Gasteiger partial charge >= 0.3 is 0 Å². The highest BCUT2D eigenvalue weighted by molar-refractivity contribution is 7.09. The van der Waals surface area contributed by atoms with E-state index in [0.29, 0.717) is 5.01 Å². The molecule has 2 rings (SSSR count). The standard InChI is InChI=1S/C15H18N4O2S.ClH/c1-10(11-5-3-2-4-6-11)19(8-13(17)20)15(21)12-9-22-14(7-16)18-12;/h2-6,9-10H,7-8,16H2,1H3,(H2,17,20);1H/t10-;/m1./s1. The van der Waals surface area contributed by atoms with Crippen molar-refractivity contribution >= 4 is 35.6 Å². The van der Waals surface area contributed by atoms with Crippen molar-refractivity contribution in [2.24, 2.45) is 11.5 Å². The lowest BCUT2D eigenvalue weighted by atomic mass is 10.1. The maximum absolute atomic E-state index is 12.6. The molecule has 23 heavy (non-hydrogen) atoms. The first kappa shape index (κ1) is 19.1. The molecule has 8 heteroatoms. The molecule has 1 heterocycles. The minimum atomic E-state index is -0.564. The van der Waals surface area contributed by atoms with E-state index < -0.39 is 5.91 Å². The van der Waals surface area contributed by atoms with Gasteiger partial charge in [0.25, 0.3) is 5.91 Å². The second-order valence-electron chi connectivity index (χ2n) is 4.82. The lowest BCUT2D eigenvalue weighted by Crippen LogP contribution is -2.40. The second-order valence-corrected chi connectivity index (χ2v) is 5.76. The molecule has 0 saturated heterocycles. The fourth-order valence-electron chi connectivity index (χ4n) is 2.11. The summed E-state index contributed by atoms with van der Waals surface area (Å²) in [6.45, 7) is 1.97. The molecule has 0 fully saturated rings. The van der Waals surface area contributed by atoms with Gasteiger partial charge in [-0.3, -0.25) is 9.59 Å². The van der Waals surface area contributed by atoms with Crippen molar-refractivity contribution in [2.75, 3.05) is 6.54 Å². The quantitative estimate of drug-likeness (QED) is 0.824. The molecule has 0 saturated carbocycles. The number of amides is 2. The Morgan fingerprint density at radius 2 is 1.96 bits per heavy atom. The topological polar surface area (TPSA) is 102 Å². The third-order valence-electron chi connectivity index (χ3n) is 3.28. The molecule has 0 spiro atoms. The SMILES string of the molecule is C[C@H](c1ccccc1)N(CC(N)=O)C(=O)c1csc(CN)n1.Cl. The van der Waals surface area contributed by atoms with Gasteiger partial charge in [0.1, 0.15) is 17.2 Å². The van der Waals surface area contributed by atoms with Crippen LogP contribution in [0, 0.1) is 0 Å². The fourth-order valence-corrected chi connectivity index (χ4v) is 2.76. The maximum Gasteiger partial charge on any atom is 0.274 e. The molecular weight excluding hydrogens is 336 g/mol. The van der Waals surface area contributed by atoms with Gasteiger partial charge in [0.15, 0.2) is 0 Å². The summed E-state index contributed by atoms with van der Waals surface area (Å²) in [6, 6.07) is 9.17. The number of rotatable bonds is 6. The van der Waals surface area contributed by atoms with Gasteiger partial charge in [-0.25, -0.2) is 4.98 Å². The van der Waals surface area contributed by atoms with Crippen LogP contribution in [0.3, 0.4) is 0 Å². The summed E-state index contributed by atoms with van der Waals surface area (Å²) < 4.78 is 0. The van der Waals surface area contributed by atoms with Gasteiger partial charge < -0.3 is 16.4 Å². The van der Waals surface area contributed by atoms with Crippen LogP contribution in [0.5, 0.6) is 0 Å². The normalized spacial score (nSPS) is 11.4. The first-order valence-electron chi connectivity index (χ1n) is 6.81. The monoisotopic (exact) mass is 354 g/mol. The van der Waals surface area contributed by atoms with Gasteiger partial charge in [-0.05, 0) is 12.5 Å². The first-order chi connectivity index (χ1) is 10.5. The van der Waals surface area contributed by atoms with Crippen molar-refractivity contribution in [3.8, 4) is 0 Å². The van der Waals surface area contributed by atoms with Crippen molar-refractivity contribution in [3.63, 3.8) is 0 Å². The number of aromatic nitrogens is 1. The number of benzene rings is 1. The van der Waals surface area contributed by atoms with Crippen LogP contribution in [0.4, 0.5) is 0 Å². The van der Waals surface area contributed by atoms with E-state index in [-0.39, 0.29) is 43.1 Å². The average molecular weight is 355 g/mol. The summed E-state index contributed by atoms with van der Waals surface area (Å²) in [7, 11) is 0. The molecule has 0 unspecified atom stereocenters. The van der Waals surface area contributed by atoms with Crippen molar-refractivity contribution in [2.45, 2.75) is 19.5 Å². The second kappa shape index (κ2) is 8.61. The third-order valence-corrected chi connectivity index (χ3v) is 4.15. The number of carbonyl (C=O) groups excluding carboxylic acids is 2. The molecule has 1 aromatic carbocycles. The molecule has 0 aliphatic carbocycles. The maximum atomic E-state index is 12.6. The summed E-state index contributed by atoms with van der Waals surface area (Å²) >= 11 is 1.32. The predicted octanol–water partition coefficient (Wildman–Crippen LogP) is 1.71. The van der Waals surface area contributed by atoms with E-state index in [2.05, 4.69) is 4.98 Å². The lowest BCUT2D eigenvalue weighted by Gasteiger charge is -2.27. The Balaban J connectivity index is 0.00000264. The van der Waals surface area contributed by atoms with E-state index in [4.69, 9.17) is 11.5 Å². The Kier molecular flexibility index (Phi) is 7.15. The third kappa shape index (κ3) is 4.75. The van der Waals surface area contributed by atoms with E-state index in [0.717, 1.165) is 5.56 Å². The van der Waals surface area contributed by atoms with Crippen molar-refractivity contribution in [3.05, 3.63) is 52.0 Å². The van der Waals surface area contributed by atoms with Crippen LogP contribution < -0.4 is 11.5 Å². The number of carbonyl (C=O) groups is 2. The van der Waals surface area contributed by atoms with Crippen molar-refractivity contribution in [1.82, 2.24) is 9.88 Å².